The van der Waals surface area contributed by atoms with E-state index < -0.39 is 0 Å². The molecule has 1 aliphatic rings. The summed E-state index contributed by atoms with van der Waals surface area (Å²) in [7, 11) is 0. The summed E-state index contributed by atoms with van der Waals surface area (Å²) < 4.78 is 0. The van der Waals surface area contributed by atoms with E-state index in [4.69, 9.17) is 5.73 Å². The number of rotatable bonds is 7. The van der Waals surface area contributed by atoms with Gasteiger partial charge >= 0.3 is 0 Å². The number of amides is 1. The smallest absolute Gasteiger partial charge is 0.220 e. The quantitative estimate of drug-likeness (QED) is 0.757. The number of carbonyl (C=O) groups is 2. The van der Waals surface area contributed by atoms with Gasteiger partial charge in [-0.05, 0) is 30.2 Å². The van der Waals surface area contributed by atoms with E-state index in [1.807, 2.05) is 11.4 Å². The molecule has 3 N–H and O–H groups in total. The number of halogens is 1. The van der Waals surface area contributed by atoms with Gasteiger partial charge in [-0.15, -0.1) is 23.7 Å². The maximum atomic E-state index is 11.7. The first kappa shape index (κ1) is 16.1. The van der Waals surface area contributed by atoms with Gasteiger partial charge in [-0.25, -0.2) is 0 Å². The Hall–Kier alpha value is -0.910. The Morgan fingerprint density at radius 3 is 2.68 bits per heavy atom. The van der Waals surface area contributed by atoms with Crippen molar-refractivity contribution in [2.24, 2.45) is 11.7 Å². The summed E-state index contributed by atoms with van der Waals surface area (Å²) in [5, 5.41) is 4.78. The standard InChI is InChI=1S/C13H18N2O2S.ClH/c14-8-10(9-3-4-9)15-13(17)6-5-11(16)12-2-1-7-18-12;/h1-2,7,9-10H,3-6,8,14H2,(H,15,17);1H. The Morgan fingerprint density at radius 1 is 1.42 bits per heavy atom. The molecule has 1 atom stereocenters. The lowest BCUT2D eigenvalue weighted by atomic mass is 10.1. The number of nitrogens with one attached hydrogen (secondary N) is 1. The van der Waals surface area contributed by atoms with Crippen molar-refractivity contribution in [2.75, 3.05) is 6.54 Å². The Morgan fingerprint density at radius 2 is 2.16 bits per heavy atom. The third-order valence-corrected chi connectivity index (χ3v) is 4.08. The van der Waals surface area contributed by atoms with Crippen LogP contribution < -0.4 is 11.1 Å². The molecule has 106 valence electrons. The zero-order valence-corrected chi connectivity index (χ0v) is 12.3. The van der Waals surface area contributed by atoms with Gasteiger partial charge < -0.3 is 11.1 Å². The second kappa shape index (κ2) is 7.62. The number of nitrogens with two attached hydrogens (primary N) is 1. The minimum atomic E-state index is -0.0674. The molecule has 0 saturated heterocycles. The van der Waals surface area contributed by atoms with E-state index in [2.05, 4.69) is 5.32 Å². The number of hydrogen-bond acceptors (Lipinski definition) is 4. The average molecular weight is 303 g/mol. The zero-order chi connectivity index (χ0) is 13.0. The molecule has 1 fully saturated rings. The van der Waals surface area contributed by atoms with Crippen molar-refractivity contribution in [1.29, 1.82) is 0 Å². The lowest BCUT2D eigenvalue weighted by Gasteiger charge is -2.15. The van der Waals surface area contributed by atoms with Crippen molar-refractivity contribution >= 4 is 35.4 Å². The van der Waals surface area contributed by atoms with Crippen LogP contribution in [0, 0.1) is 5.92 Å². The second-order valence-electron chi connectivity index (χ2n) is 4.65. The van der Waals surface area contributed by atoms with Crippen LogP contribution in [-0.4, -0.2) is 24.3 Å². The fourth-order valence-corrected chi connectivity index (χ4v) is 2.63. The minimum absolute atomic E-state index is 0. The molecule has 0 spiro atoms. The fourth-order valence-electron chi connectivity index (χ4n) is 1.93. The van der Waals surface area contributed by atoms with Gasteiger partial charge in [-0.2, -0.15) is 0 Å². The van der Waals surface area contributed by atoms with E-state index in [1.165, 1.54) is 11.3 Å². The highest BCUT2D eigenvalue weighted by atomic mass is 35.5. The van der Waals surface area contributed by atoms with E-state index in [9.17, 15) is 9.59 Å². The fraction of sp³-hybridized carbons (Fsp3) is 0.538. The Labute approximate surface area is 123 Å². The van der Waals surface area contributed by atoms with Gasteiger partial charge in [-0.1, -0.05) is 6.07 Å². The summed E-state index contributed by atoms with van der Waals surface area (Å²) in [6.07, 6.45) is 2.82. The van der Waals surface area contributed by atoms with Crippen LogP contribution in [0.3, 0.4) is 0 Å². The molecule has 0 radical (unpaired) electrons. The number of ketones is 1. The summed E-state index contributed by atoms with van der Waals surface area (Å²) in [4.78, 5) is 24.1. The van der Waals surface area contributed by atoms with Crippen molar-refractivity contribution in [1.82, 2.24) is 5.32 Å². The molecule has 1 aromatic heterocycles. The van der Waals surface area contributed by atoms with Crippen LogP contribution in [-0.2, 0) is 4.79 Å². The van der Waals surface area contributed by atoms with Gasteiger partial charge in [0.05, 0.1) is 4.88 Å². The number of thiophene rings is 1. The van der Waals surface area contributed by atoms with E-state index >= 15 is 0 Å². The first-order valence-corrected chi connectivity index (χ1v) is 7.15. The predicted octanol–water partition coefficient (Wildman–Crippen LogP) is 1.99. The molecular weight excluding hydrogens is 284 g/mol. The molecule has 0 bridgehead atoms. The molecule has 1 unspecified atom stereocenters. The van der Waals surface area contributed by atoms with Crippen LogP contribution in [0.5, 0.6) is 0 Å². The van der Waals surface area contributed by atoms with Gasteiger partial charge in [0.15, 0.2) is 5.78 Å². The first-order valence-electron chi connectivity index (χ1n) is 6.27. The van der Waals surface area contributed by atoms with E-state index in [-0.39, 0.29) is 43.0 Å². The monoisotopic (exact) mass is 302 g/mol. The Bertz CT molecular complexity index is 418. The van der Waals surface area contributed by atoms with E-state index in [1.54, 1.807) is 6.07 Å². The summed E-state index contributed by atoms with van der Waals surface area (Å²) in [5.74, 6) is 0.519. The number of Topliss-reactive ketones (excluding diaryl/α,β-unsaturated/α-hetero) is 1. The maximum Gasteiger partial charge on any atom is 0.220 e. The van der Waals surface area contributed by atoms with Gasteiger partial charge in [-0.3, -0.25) is 9.59 Å². The van der Waals surface area contributed by atoms with Crippen molar-refractivity contribution in [3.05, 3.63) is 22.4 Å². The SMILES string of the molecule is Cl.NCC(NC(=O)CCC(=O)c1cccs1)C1CC1. The largest absolute Gasteiger partial charge is 0.352 e. The summed E-state index contributed by atoms with van der Waals surface area (Å²) in [6.45, 7) is 0.481. The van der Waals surface area contributed by atoms with Gasteiger partial charge in [0, 0.05) is 25.4 Å². The van der Waals surface area contributed by atoms with Crippen molar-refractivity contribution in [3.8, 4) is 0 Å². The average Bonchev–Trinajstić information content (AvgIpc) is 3.07. The van der Waals surface area contributed by atoms with Crippen LogP contribution in [0.15, 0.2) is 17.5 Å². The van der Waals surface area contributed by atoms with Gasteiger partial charge in [0.25, 0.3) is 0 Å². The lowest BCUT2D eigenvalue weighted by Crippen LogP contribution is -2.41. The molecule has 2 rings (SSSR count). The van der Waals surface area contributed by atoms with E-state index in [0.717, 1.165) is 17.7 Å². The lowest BCUT2D eigenvalue weighted by molar-refractivity contribution is -0.121. The zero-order valence-electron chi connectivity index (χ0n) is 10.6. The highest BCUT2D eigenvalue weighted by Gasteiger charge is 2.31. The summed E-state index contributed by atoms with van der Waals surface area (Å²) in [6, 6.07) is 3.72. The topological polar surface area (TPSA) is 72.2 Å². The number of hydrogen-bond donors (Lipinski definition) is 2. The van der Waals surface area contributed by atoms with Gasteiger partial charge in [0.1, 0.15) is 0 Å². The van der Waals surface area contributed by atoms with Crippen molar-refractivity contribution in [3.63, 3.8) is 0 Å². The van der Waals surface area contributed by atoms with Crippen LogP contribution >= 0.6 is 23.7 Å². The molecule has 1 heterocycles. The number of carbonyl (C=O) groups excluding carboxylic acids is 2. The molecule has 1 amide bonds. The predicted molar refractivity (Wildman–Crippen MR) is 78.8 cm³/mol. The molecule has 0 aliphatic heterocycles. The molecule has 19 heavy (non-hydrogen) atoms. The minimum Gasteiger partial charge on any atom is -0.352 e. The molecule has 1 aromatic rings. The van der Waals surface area contributed by atoms with Crippen LogP contribution in [0.2, 0.25) is 0 Å². The van der Waals surface area contributed by atoms with Crippen LogP contribution in [0.1, 0.15) is 35.4 Å². The molecule has 1 aliphatic carbocycles. The van der Waals surface area contributed by atoms with Crippen molar-refractivity contribution < 1.29 is 9.59 Å². The molecule has 4 nitrogen and oxygen atoms in total. The molecular formula is C13H19ClN2O2S. The third kappa shape index (κ3) is 4.93. The van der Waals surface area contributed by atoms with Crippen molar-refractivity contribution in [2.45, 2.75) is 31.7 Å². The summed E-state index contributed by atoms with van der Waals surface area (Å²) in [5.41, 5.74) is 5.62. The molecule has 0 aromatic carbocycles. The summed E-state index contributed by atoms with van der Waals surface area (Å²) >= 11 is 1.41. The highest BCUT2D eigenvalue weighted by molar-refractivity contribution is 7.12. The Kier molecular flexibility index (Phi) is 6.48. The van der Waals surface area contributed by atoms with E-state index in [0.29, 0.717) is 12.5 Å². The maximum absolute atomic E-state index is 11.7. The van der Waals surface area contributed by atoms with Crippen LogP contribution in [0.25, 0.3) is 0 Å². The van der Waals surface area contributed by atoms with Gasteiger partial charge in [0.2, 0.25) is 5.91 Å². The molecule has 1 saturated carbocycles. The third-order valence-electron chi connectivity index (χ3n) is 3.17. The first-order chi connectivity index (χ1) is 8.70. The second-order valence-corrected chi connectivity index (χ2v) is 5.60. The molecule has 6 heteroatoms. The van der Waals surface area contributed by atoms with Crippen LogP contribution in [0.4, 0.5) is 0 Å². The normalized spacial score (nSPS) is 15.4. The Balaban J connectivity index is 0.00000180. The highest BCUT2D eigenvalue weighted by Crippen LogP contribution is 2.32.